The fraction of sp³-hybridized carbons (Fsp3) is 0.276. The van der Waals surface area contributed by atoms with Gasteiger partial charge in [-0.25, -0.2) is 0 Å². The number of methoxy groups -OCH3 is 2. The lowest BCUT2D eigenvalue weighted by atomic mass is 10.1. The van der Waals surface area contributed by atoms with Gasteiger partial charge in [-0.1, -0.05) is 29.4 Å². The van der Waals surface area contributed by atoms with E-state index < -0.39 is 7.60 Å². The Balaban J connectivity index is 1.59. The van der Waals surface area contributed by atoms with Crippen molar-refractivity contribution in [1.82, 2.24) is 5.16 Å². The molecule has 0 saturated carbocycles. The van der Waals surface area contributed by atoms with Gasteiger partial charge in [-0.05, 0) is 67.4 Å². The molecule has 0 saturated heterocycles. The number of ether oxygens (including phenoxy) is 4. The maximum absolute atomic E-state index is 13.1. The van der Waals surface area contributed by atoms with Crippen molar-refractivity contribution < 1.29 is 37.1 Å². The summed E-state index contributed by atoms with van der Waals surface area (Å²) in [6.45, 7) is 4.52. The first kappa shape index (κ1) is 28.2. The Morgan fingerprint density at radius 3 is 1.77 bits per heavy atom. The molecule has 1 heterocycles. The van der Waals surface area contributed by atoms with Gasteiger partial charge in [-0.3, -0.25) is 4.57 Å². The highest BCUT2D eigenvalue weighted by molar-refractivity contribution is 7.61. The molecular formula is C29H32NO8P. The highest BCUT2D eigenvalue weighted by Gasteiger charge is 2.32. The second kappa shape index (κ2) is 13.3. The average Bonchev–Trinajstić information content (AvgIpc) is 3.47. The highest BCUT2D eigenvalue weighted by Crippen LogP contribution is 2.47. The molecule has 0 unspecified atom stereocenters. The van der Waals surface area contributed by atoms with E-state index >= 15 is 0 Å². The van der Waals surface area contributed by atoms with Crippen molar-refractivity contribution in [3.05, 3.63) is 83.9 Å². The molecular weight excluding hydrogens is 521 g/mol. The van der Waals surface area contributed by atoms with Crippen molar-refractivity contribution in [2.24, 2.45) is 0 Å². The van der Waals surface area contributed by atoms with Crippen LogP contribution < -0.4 is 24.4 Å². The van der Waals surface area contributed by atoms with E-state index in [1.54, 1.807) is 46.3 Å². The molecule has 0 aliphatic rings. The van der Waals surface area contributed by atoms with E-state index in [0.717, 1.165) is 22.6 Å². The topological polar surface area (TPSA) is 98.5 Å². The summed E-state index contributed by atoms with van der Waals surface area (Å²) in [6.07, 6.45) is 0. The van der Waals surface area contributed by atoms with E-state index in [-0.39, 0.29) is 18.7 Å². The molecule has 0 aliphatic heterocycles. The molecule has 0 aliphatic carbocycles. The number of aromatic nitrogens is 1. The molecule has 0 radical (unpaired) electrons. The maximum atomic E-state index is 13.1. The lowest BCUT2D eigenvalue weighted by Crippen LogP contribution is -2.08. The van der Waals surface area contributed by atoms with Gasteiger partial charge in [0.05, 0.1) is 27.4 Å². The Morgan fingerprint density at radius 1 is 0.718 bits per heavy atom. The molecule has 3 aromatic carbocycles. The third-order valence-corrected chi connectivity index (χ3v) is 7.66. The van der Waals surface area contributed by atoms with Crippen molar-refractivity contribution in [3.8, 4) is 34.3 Å². The van der Waals surface area contributed by atoms with E-state index in [0.29, 0.717) is 36.0 Å². The van der Waals surface area contributed by atoms with Gasteiger partial charge in [0.1, 0.15) is 30.4 Å². The molecule has 39 heavy (non-hydrogen) atoms. The van der Waals surface area contributed by atoms with Gasteiger partial charge in [0.15, 0.2) is 11.5 Å². The number of hydrogen-bond acceptors (Lipinski definition) is 9. The van der Waals surface area contributed by atoms with Gasteiger partial charge in [0.2, 0.25) is 5.50 Å². The van der Waals surface area contributed by atoms with Crippen LogP contribution in [0.3, 0.4) is 0 Å². The third kappa shape index (κ3) is 7.20. The Labute approximate surface area is 228 Å². The standard InChI is InChI=1S/C29H32NO8P/c1-5-36-39(31,37-6-2)29-18-26(30-38-29)23-11-16-27(34-19-21-7-12-24(32-3)13-8-21)28(17-23)35-20-22-9-14-25(33-4)15-10-22/h7-18H,5-6,19-20H2,1-4H3. The minimum absolute atomic E-state index is 0.0433. The molecule has 4 aromatic rings. The average molecular weight is 554 g/mol. The predicted octanol–water partition coefficient (Wildman–Crippen LogP) is 6.41. The summed E-state index contributed by atoms with van der Waals surface area (Å²) < 4.78 is 52.0. The minimum Gasteiger partial charge on any atom is -0.497 e. The third-order valence-electron chi connectivity index (χ3n) is 5.71. The van der Waals surface area contributed by atoms with Gasteiger partial charge in [0, 0.05) is 11.6 Å². The molecule has 10 heteroatoms. The number of benzene rings is 3. The van der Waals surface area contributed by atoms with Crippen LogP contribution in [0.2, 0.25) is 0 Å². The molecule has 206 valence electrons. The van der Waals surface area contributed by atoms with Crippen molar-refractivity contribution in [1.29, 1.82) is 0 Å². The molecule has 1 aromatic heterocycles. The zero-order valence-electron chi connectivity index (χ0n) is 22.4. The summed E-state index contributed by atoms with van der Waals surface area (Å²) in [5, 5.41) is 4.11. The van der Waals surface area contributed by atoms with Crippen LogP contribution >= 0.6 is 7.60 Å². The summed E-state index contributed by atoms with van der Waals surface area (Å²) in [5.41, 5.74) is 3.12. The Kier molecular flexibility index (Phi) is 9.65. The van der Waals surface area contributed by atoms with Crippen LogP contribution in [0.1, 0.15) is 25.0 Å². The van der Waals surface area contributed by atoms with Gasteiger partial charge in [0.25, 0.3) is 0 Å². The monoisotopic (exact) mass is 553 g/mol. The summed E-state index contributed by atoms with van der Waals surface area (Å²) >= 11 is 0. The molecule has 0 N–H and O–H groups in total. The van der Waals surface area contributed by atoms with Gasteiger partial charge in [-0.2, -0.15) is 0 Å². The summed E-state index contributed by atoms with van der Waals surface area (Å²) in [6, 6.07) is 22.3. The Bertz CT molecular complexity index is 1380. The van der Waals surface area contributed by atoms with Gasteiger partial charge < -0.3 is 32.5 Å². The molecule has 0 bridgehead atoms. The maximum Gasteiger partial charge on any atom is 0.399 e. The van der Waals surface area contributed by atoms with Crippen LogP contribution in [-0.2, 0) is 26.8 Å². The summed E-state index contributed by atoms with van der Waals surface area (Å²) in [4.78, 5) is 0. The smallest absolute Gasteiger partial charge is 0.399 e. The lowest BCUT2D eigenvalue weighted by molar-refractivity contribution is 0.223. The van der Waals surface area contributed by atoms with Crippen molar-refractivity contribution in [3.63, 3.8) is 0 Å². The first-order valence-electron chi connectivity index (χ1n) is 12.5. The van der Waals surface area contributed by atoms with E-state index in [4.69, 9.17) is 32.5 Å². The Morgan fingerprint density at radius 2 is 1.26 bits per heavy atom. The van der Waals surface area contributed by atoms with Crippen LogP contribution in [0.5, 0.6) is 23.0 Å². The highest BCUT2D eigenvalue weighted by atomic mass is 31.2. The summed E-state index contributed by atoms with van der Waals surface area (Å²) in [5.74, 6) is 2.61. The van der Waals surface area contributed by atoms with E-state index in [1.807, 2.05) is 54.6 Å². The largest absolute Gasteiger partial charge is 0.497 e. The van der Waals surface area contributed by atoms with E-state index in [9.17, 15) is 4.57 Å². The van der Waals surface area contributed by atoms with Gasteiger partial charge in [-0.15, -0.1) is 0 Å². The molecule has 0 spiro atoms. The minimum atomic E-state index is -3.61. The van der Waals surface area contributed by atoms with Gasteiger partial charge >= 0.3 is 7.60 Å². The number of rotatable bonds is 14. The van der Waals surface area contributed by atoms with E-state index in [2.05, 4.69) is 5.16 Å². The fourth-order valence-corrected chi connectivity index (χ4v) is 5.13. The van der Waals surface area contributed by atoms with Crippen molar-refractivity contribution in [2.45, 2.75) is 27.1 Å². The first-order valence-corrected chi connectivity index (χ1v) is 14.0. The second-order valence-corrected chi connectivity index (χ2v) is 10.3. The van der Waals surface area contributed by atoms with Crippen molar-refractivity contribution in [2.75, 3.05) is 27.4 Å². The van der Waals surface area contributed by atoms with Crippen LogP contribution in [-0.4, -0.2) is 32.6 Å². The van der Waals surface area contributed by atoms with Crippen LogP contribution in [0, 0.1) is 0 Å². The summed E-state index contributed by atoms with van der Waals surface area (Å²) in [7, 11) is -0.353. The first-order chi connectivity index (χ1) is 19.0. The molecule has 4 rings (SSSR count). The zero-order valence-corrected chi connectivity index (χ0v) is 23.3. The predicted molar refractivity (Wildman–Crippen MR) is 147 cm³/mol. The second-order valence-electron chi connectivity index (χ2n) is 8.32. The fourth-order valence-electron chi connectivity index (χ4n) is 3.70. The number of hydrogen-bond donors (Lipinski definition) is 0. The quantitative estimate of drug-likeness (QED) is 0.164. The molecule has 0 amide bonds. The van der Waals surface area contributed by atoms with Crippen LogP contribution in [0.15, 0.2) is 77.3 Å². The molecule has 0 fully saturated rings. The van der Waals surface area contributed by atoms with Crippen LogP contribution in [0.25, 0.3) is 11.3 Å². The zero-order chi connectivity index (χ0) is 27.7. The number of nitrogens with zero attached hydrogens (tertiary/aromatic N) is 1. The normalized spacial score (nSPS) is 11.3. The SMILES string of the molecule is CCOP(=O)(OCC)c1cc(-c2ccc(OCc3ccc(OC)cc3)c(OCc3ccc(OC)cc3)c2)no1. The molecule has 9 nitrogen and oxygen atoms in total. The van der Waals surface area contributed by atoms with Crippen molar-refractivity contribution >= 4 is 13.1 Å². The molecule has 0 atom stereocenters. The van der Waals surface area contributed by atoms with Crippen LogP contribution in [0.4, 0.5) is 0 Å². The Hall–Kier alpha value is -3.78. The van der Waals surface area contributed by atoms with E-state index in [1.165, 1.54) is 0 Å². The lowest BCUT2D eigenvalue weighted by Gasteiger charge is -2.14.